The van der Waals surface area contributed by atoms with Gasteiger partial charge in [-0.05, 0) is 43.7 Å². The molecule has 6 nitrogen and oxygen atoms in total. The minimum Gasteiger partial charge on any atom is -0.487 e. The zero-order valence-corrected chi connectivity index (χ0v) is 18.5. The van der Waals surface area contributed by atoms with Gasteiger partial charge in [0.1, 0.15) is 24.3 Å². The molecule has 0 N–H and O–H groups in total. The van der Waals surface area contributed by atoms with Gasteiger partial charge in [-0.3, -0.25) is 4.90 Å². The van der Waals surface area contributed by atoms with Gasteiger partial charge in [-0.2, -0.15) is 0 Å². The highest BCUT2D eigenvalue weighted by Gasteiger charge is 2.21. The van der Waals surface area contributed by atoms with E-state index in [9.17, 15) is 0 Å². The first-order chi connectivity index (χ1) is 15.3. The third kappa shape index (κ3) is 4.75. The molecule has 0 radical (unpaired) electrons. The molecule has 0 amide bonds. The van der Waals surface area contributed by atoms with Gasteiger partial charge in [-0.1, -0.05) is 31.4 Å². The molecular formula is C25H33N5O. The van der Waals surface area contributed by atoms with Crippen molar-refractivity contribution in [3.05, 3.63) is 54.1 Å². The van der Waals surface area contributed by atoms with Crippen molar-refractivity contribution in [1.82, 2.24) is 24.3 Å². The van der Waals surface area contributed by atoms with E-state index >= 15 is 0 Å². The molecule has 6 heteroatoms. The number of piperazine rings is 1. The predicted octanol–water partition coefficient (Wildman–Crippen LogP) is 4.26. The highest BCUT2D eigenvalue weighted by Crippen LogP contribution is 2.33. The van der Waals surface area contributed by atoms with Crippen LogP contribution in [0.4, 0.5) is 0 Å². The van der Waals surface area contributed by atoms with E-state index in [1.165, 1.54) is 43.4 Å². The van der Waals surface area contributed by atoms with Crippen molar-refractivity contribution in [1.29, 1.82) is 0 Å². The van der Waals surface area contributed by atoms with E-state index in [1.54, 1.807) is 6.33 Å². The summed E-state index contributed by atoms with van der Waals surface area (Å²) >= 11 is 0. The van der Waals surface area contributed by atoms with E-state index in [0.717, 1.165) is 49.5 Å². The number of nitrogens with zero attached hydrogens (tertiary/aromatic N) is 5. The number of ether oxygens (including phenoxy) is 1. The van der Waals surface area contributed by atoms with E-state index in [2.05, 4.69) is 61.7 Å². The molecule has 3 aromatic rings. The number of aromatic nitrogens is 3. The molecule has 1 aliphatic carbocycles. The molecule has 1 saturated heterocycles. The van der Waals surface area contributed by atoms with Crippen LogP contribution >= 0.6 is 0 Å². The van der Waals surface area contributed by atoms with Gasteiger partial charge in [0.2, 0.25) is 0 Å². The standard InChI is InChI=1S/C25H33N5O/c1-28-11-13-29(14-12-28)17-20-7-9-24(10-8-20)31-18-23-15-21-16-26-19-27-25(21)30(23)22-5-3-2-4-6-22/h7-10,15-16,19,22H,2-6,11-14,17-18H2,1H3. The second-order valence-corrected chi connectivity index (χ2v) is 9.11. The highest BCUT2D eigenvalue weighted by atomic mass is 16.5. The maximum absolute atomic E-state index is 6.22. The zero-order valence-electron chi connectivity index (χ0n) is 18.5. The summed E-state index contributed by atoms with van der Waals surface area (Å²) in [7, 11) is 2.20. The fraction of sp³-hybridized carbons (Fsp3) is 0.520. The Morgan fingerprint density at radius 3 is 2.55 bits per heavy atom. The summed E-state index contributed by atoms with van der Waals surface area (Å²) in [5, 5.41) is 1.11. The van der Waals surface area contributed by atoms with Crippen LogP contribution in [0.25, 0.3) is 11.0 Å². The van der Waals surface area contributed by atoms with Crippen LogP contribution in [0.3, 0.4) is 0 Å². The lowest BCUT2D eigenvalue weighted by Gasteiger charge is -2.32. The summed E-state index contributed by atoms with van der Waals surface area (Å²) in [5.41, 5.74) is 3.59. The molecule has 3 heterocycles. The Balaban J connectivity index is 1.26. The maximum atomic E-state index is 6.22. The molecule has 1 saturated carbocycles. The number of hydrogen-bond acceptors (Lipinski definition) is 5. The molecule has 164 valence electrons. The van der Waals surface area contributed by atoms with Crippen LogP contribution < -0.4 is 4.74 Å². The second kappa shape index (κ2) is 9.37. The SMILES string of the molecule is CN1CCN(Cc2ccc(OCc3cc4cncnc4n3C3CCCCC3)cc2)CC1. The van der Waals surface area contributed by atoms with Crippen molar-refractivity contribution in [3.8, 4) is 5.75 Å². The van der Waals surface area contributed by atoms with Crippen molar-refractivity contribution in [3.63, 3.8) is 0 Å². The third-order valence-electron chi connectivity index (χ3n) is 6.83. The fourth-order valence-electron chi connectivity index (χ4n) is 4.99. The first-order valence-electron chi connectivity index (χ1n) is 11.7. The van der Waals surface area contributed by atoms with Crippen LogP contribution in [0.15, 0.2) is 42.9 Å². The Labute approximate surface area is 184 Å². The van der Waals surface area contributed by atoms with Gasteiger partial charge in [-0.25, -0.2) is 9.97 Å². The van der Waals surface area contributed by atoms with Gasteiger partial charge in [0.05, 0.1) is 5.69 Å². The molecule has 5 rings (SSSR count). The first-order valence-corrected chi connectivity index (χ1v) is 11.7. The average Bonchev–Trinajstić information content (AvgIpc) is 3.19. The second-order valence-electron chi connectivity index (χ2n) is 9.11. The van der Waals surface area contributed by atoms with Gasteiger partial charge in [-0.15, -0.1) is 0 Å². The van der Waals surface area contributed by atoms with Gasteiger partial charge in [0.25, 0.3) is 0 Å². The van der Waals surface area contributed by atoms with Crippen LogP contribution in [-0.4, -0.2) is 57.6 Å². The number of benzene rings is 1. The predicted molar refractivity (Wildman–Crippen MR) is 123 cm³/mol. The topological polar surface area (TPSA) is 46.4 Å². The molecule has 0 spiro atoms. The van der Waals surface area contributed by atoms with E-state index in [4.69, 9.17) is 4.74 Å². The van der Waals surface area contributed by atoms with Gasteiger partial charge in [0.15, 0.2) is 0 Å². The number of hydrogen-bond donors (Lipinski definition) is 0. The molecular weight excluding hydrogens is 386 g/mol. The molecule has 2 aliphatic rings. The third-order valence-corrected chi connectivity index (χ3v) is 6.83. The lowest BCUT2D eigenvalue weighted by Crippen LogP contribution is -2.43. The Morgan fingerprint density at radius 1 is 1.00 bits per heavy atom. The van der Waals surface area contributed by atoms with Gasteiger partial charge >= 0.3 is 0 Å². The Kier molecular flexibility index (Phi) is 6.18. The smallest absolute Gasteiger partial charge is 0.143 e. The lowest BCUT2D eigenvalue weighted by atomic mass is 9.95. The summed E-state index contributed by atoms with van der Waals surface area (Å²) in [6.07, 6.45) is 9.96. The van der Waals surface area contributed by atoms with E-state index < -0.39 is 0 Å². The Morgan fingerprint density at radius 2 is 1.77 bits per heavy atom. The minimum atomic E-state index is 0.519. The number of fused-ring (bicyclic) bond motifs is 1. The van der Waals surface area contributed by atoms with Crippen LogP contribution in [0.2, 0.25) is 0 Å². The molecule has 0 bridgehead atoms. The van der Waals surface area contributed by atoms with Crippen molar-refractivity contribution in [2.75, 3.05) is 33.2 Å². The van der Waals surface area contributed by atoms with E-state index in [1.807, 2.05) is 6.20 Å². The molecule has 2 aromatic heterocycles. The Hall–Kier alpha value is -2.44. The van der Waals surface area contributed by atoms with Gasteiger partial charge < -0.3 is 14.2 Å². The fourth-order valence-corrected chi connectivity index (χ4v) is 4.99. The normalized spacial score (nSPS) is 19.1. The molecule has 31 heavy (non-hydrogen) atoms. The zero-order chi connectivity index (χ0) is 21.0. The summed E-state index contributed by atoms with van der Waals surface area (Å²) < 4.78 is 8.64. The molecule has 1 aliphatic heterocycles. The number of likely N-dealkylation sites (N-methyl/N-ethyl adjacent to an activating group) is 1. The van der Waals surface area contributed by atoms with Crippen molar-refractivity contribution >= 4 is 11.0 Å². The van der Waals surface area contributed by atoms with Crippen molar-refractivity contribution in [2.24, 2.45) is 0 Å². The quantitative estimate of drug-likeness (QED) is 0.597. The van der Waals surface area contributed by atoms with Crippen LogP contribution in [-0.2, 0) is 13.2 Å². The van der Waals surface area contributed by atoms with E-state index in [0.29, 0.717) is 12.6 Å². The first kappa shape index (κ1) is 20.5. The summed E-state index contributed by atoms with van der Waals surface area (Å²) in [4.78, 5) is 13.7. The monoisotopic (exact) mass is 419 g/mol. The van der Waals surface area contributed by atoms with Gasteiger partial charge in [0, 0.05) is 50.3 Å². The molecule has 1 aromatic carbocycles. The highest BCUT2D eigenvalue weighted by molar-refractivity contribution is 5.76. The van der Waals surface area contributed by atoms with E-state index in [-0.39, 0.29) is 0 Å². The Bertz CT molecular complexity index is 985. The lowest BCUT2D eigenvalue weighted by molar-refractivity contribution is 0.148. The maximum Gasteiger partial charge on any atom is 0.143 e. The van der Waals surface area contributed by atoms with Crippen molar-refractivity contribution in [2.45, 2.75) is 51.3 Å². The number of rotatable bonds is 6. The van der Waals surface area contributed by atoms with Crippen LogP contribution in [0.1, 0.15) is 49.4 Å². The van der Waals surface area contributed by atoms with Crippen LogP contribution in [0, 0.1) is 0 Å². The van der Waals surface area contributed by atoms with Crippen molar-refractivity contribution < 1.29 is 4.74 Å². The summed E-state index contributed by atoms with van der Waals surface area (Å²) in [6.45, 7) is 6.17. The molecule has 0 atom stereocenters. The largest absolute Gasteiger partial charge is 0.487 e. The minimum absolute atomic E-state index is 0.519. The average molecular weight is 420 g/mol. The summed E-state index contributed by atoms with van der Waals surface area (Å²) in [5.74, 6) is 0.925. The molecule has 0 unspecified atom stereocenters. The molecule has 2 fully saturated rings. The van der Waals surface area contributed by atoms with Crippen LogP contribution in [0.5, 0.6) is 5.75 Å². The summed E-state index contributed by atoms with van der Waals surface area (Å²) in [6, 6.07) is 11.3.